The molecule has 1 aromatic heterocycles. The summed E-state index contributed by atoms with van der Waals surface area (Å²) in [5.41, 5.74) is 0.306. The molecule has 2 fully saturated rings. The Hall–Kier alpha value is -0.630. The number of halogens is 3. The first-order valence-electron chi connectivity index (χ1n) is 8.57. The normalized spacial score (nSPS) is 34.7. The van der Waals surface area contributed by atoms with Crippen molar-refractivity contribution in [3.8, 4) is 0 Å². The number of fused-ring (bicyclic) bond motifs is 2. The van der Waals surface area contributed by atoms with Crippen LogP contribution in [0.25, 0.3) is 0 Å². The van der Waals surface area contributed by atoms with Crippen LogP contribution < -0.4 is 0 Å². The van der Waals surface area contributed by atoms with Gasteiger partial charge in [-0.3, -0.25) is 4.90 Å². The molecule has 3 atom stereocenters. The molecule has 0 bridgehead atoms. The lowest BCUT2D eigenvalue weighted by Crippen LogP contribution is -2.53. The summed E-state index contributed by atoms with van der Waals surface area (Å²) in [5.74, 6) is 0. The van der Waals surface area contributed by atoms with E-state index >= 15 is 0 Å². The maximum Gasteiger partial charge on any atom is 0.425 e. The molecule has 134 valence electrons. The third-order valence-electron chi connectivity index (χ3n) is 5.59. The van der Waals surface area contributed by atoms with Crippen molar-refractivity contribution in [2.24, 2.45) is 0 Å². The van der Waals surface area contributed by atoms with Gasteiger partial charge in [0.1, 0.15) is 10.5 Å². The van der Waals surface area contributed by atoms with E-state index in [0.717, 1.165) is 60.8 Å². The molecule has 24 heavy (non-hydrogen) atoms. The van der Waals surface area contributed by atoms with Crippen LogP contribution in [0.4, 0.5) is 13.2 Å². The number of alkyl halides is 3. The van der Waals surface area contributed by atoms with Gasteiger partial charge in [0.15, 0.2) is 0 Å². The van der Waals surface area contributed by atoms with E-state index in [2.05, 4.69) is 11.8 Å². The highest BCUT2D eigenvalue weighted by molar-refractivity contribution is 7.12. The molecule has 1 aromatic rings. The quantitative estimate of drug-likeness (QED) is 0.759. The Kier molecular flexibility index (Phi) is 4.18. The number of rotatable bonds is 1. The van der Waals surface area contributed by atoms with Crippen molar-refractivity contribution in [1.29, 1.82) is 0 Å². The fraction of sp³-hybridized carbons (Fsp3) is 0.765. The zero-order chi connectivity index (χ0) is 16.9. The molecule has 0 aromatic carbocycles. The zero-order valence-electron chi connectivity index (χ0n) is 13.7. The van der Waals surface area contributed by atoms with Gasteiger partial charge in [-0.25, -0.2) is 0 Å². The summed E-state index contributed by atoms with van der Waals surface area (Å²) in [6.45, 7) is 5.10. The van der Waals surface area contributed by atoms with Gasteiger partial charge in [0.25, 0.3) is 0 Å². The molecular formula is C17H22F3NO2S. The van der Waals surface area contributed by atoms with Crippen LogP contribution in [0.1, 0.15) is 41.5 Å². The lowest BCUT2D eigenvalue weighted by Gasteiger charge is -2.48. The summed E-state index contributed by atoms with van der Waals surface area (Å²) < 4.78 is 51.0. The molecule has 0 amide bonds. The van der Waals surface area contributed by atoms with Crippen molar-refractivity contribution in [2.45, 2.75) is 56.5 Å². The van der Waals surface area contributed by atoms with E-state index in [0.29, 0.717) is 19.1 Å². The second-order valence-corrected chi connectivity index (χ2v) is 8.17. The number of nitrogens with zero attached hydrogens (tertiary/aromatic N) is 1. The standard InChI is InChI=1S/C17H22F3NO2S/c1-11-9-16(4-5-21(11)13-3-6-22-10-13)15-12(2-7-23-16)8-14(24-15)17(18,19)20/h8,11,13H,2-7,9-10H2,1H3/t11-,13?,16+/m0/s1. The molecule has 0 radical (unpaired) electrons. The van der Waals surface area contributed by atoms with E-state index in [1.165, 1.54) is 6.07 Å². The fourth-order valence-corrected chi connectivity index (χ4v) is 5.71. The molecule has 4 heterocycles. The molecule has 3 aliphatic rings. The van der Waals surface area contributed by atoms with Crippen molar-refractivity contribution >= 4 is 11.3 Å². The highest BCUT2D eigenvalue weighted by Gasteiger charge is 2.48. The Morgan fingerprint density at radius 2 is 2.17 bits per heavy atom. The van der Waals surface area contributed by atoms with Crippen LogP contribution in [0.15, 0.2) is 6.07 Å². The van der Waals surface area contributed by atoms with Crippen molar-refractivity contribution in [3.05, 3.63) is 21.4 Å². The molecule has 1 unspecified atom stereocenters. The van der Waals surface area contributed by atoms with E-state index in [1.54, 1.807) is 0 Å². The molecule has 2 saturated heterocycles. The maximum absolute atomic E-state index is 13.1. The number of likely N-dealkylation sites (tertiary alicyclic amines) is 1. The summed E-state index contributed by atoms with van der Waals surface area (Å²) >= 11 is 0.890. The Morgan fingerprint density at radius 1 is 1.33 bits per heavy atom. The predicted molar refractivity (Wildman–Crippen MR) is 85.3 cm³/mol. The zero-order valence-corrected chi connectivity index (χ0v) is 14.5. The predicted octanol–water partition coefficient (Wildman–Crippen LogP) is 3.81. The van der Waals surface area contributed by atoms with E-state index in [-0.39, 0.29) is 6.04 Å². The summed E-state index contributed by atoms with van der Waals surface area (Å²) in [5, 5.41) is 0. The first-order chi connectivity index (χ1) is 11.4. The van der Waals surface area contributed by atoms with Crippen LogP contribution in [0.5, 0.6) is 0 Å². The Bertz CT molecular complexity index is 611. The van der Waals surface area contributed by atoms with Gasteiger partial charge < -0.3 is 9.47 Å². The van der Waals surface area contributed by atoms with Crippen LogP contribution in [0.2, 0.25) is 0 Å². The van der Waals surface area contributed by atoms with Crippen molar-refractivity contribution in [2.75, 3.05) is 26.4 Å². The van der Waals surface area contributed by atoms with E-state index < -0.39 is 16.7 Å². The summed E-state index contributed by atoms with van der Waals surface area (Å²) in [6, 6.07) is 2.06. The van der Waals surface area contributed by atoms with Gasteiger partial charge in [0, 0.05) is 30.1 Å². The number of thiophene rings is 1. The molecule has 3 nitrogen and oxygen atoms in total. The Morgan fingerprint density at radius 3 is 2.83 bits per heavy atom. The minimum Gasteiger partial charge on any atom is -0.380 e. The van der Waals surface area contributed by atoms with Crippen LogP contribution in [-0.4, -0.2) is 43.3 Å². The average molecular weight is 361 g/mol. The number of hydrogen-bond donors (Lipinski definition) is 0. The topological polar surface area (TPSA) is 21.7 Å². The summed E-state index contributed by atoms with van der Waals surface area (Å²) in [6.07, 6.45) is -1.12. The van der Waals surface area contributed by atoms with Crippen molar-refractivity contribution in [1.82, 2.24) is 4.90 Å². The molecule has 7 heteroatoms. The average Bonchev–Trinajstić information content (AvgIpc) is 3.16. The van der Waals surface area contributed by atoms with Gasteiger partial charge in [-0.2, -0.15) is 13.2 Å². The van der Waals surface area contributed by atoms with Crippen LogP contribution in [0, 0.1) is 0 Å². The van der Waals surface area contributed by atoms with Crippen molar-refractivity contribution in [3.63, 3.8) is 0 Å². The van der Waals surface area contributed by atoms with Gasteiger partial charge in [-0.15, -0.1) is 11.3 Å². The SMILES string of the molecule is C[C@H]1C[C@@]2(CCN1C1CCOC1)OCCc1cc(C(F)(F)F)sc12. The minimum absolute atomic E-state index is 0.285. The fourth-order valence-electron chi connectivity index (χ4n) is 4.45. The first kappa shape index (κ1) is 16.8. The van der Waals surface area contributed by atoms with Gasteiger partial charge >= 0.3 is 6.18 Å². The Balaban J connectivity index is 1.60. The largest absolute Gasteiger partial charge is 0.425 e. The Labute approximate surface area is 143 Å². The van der Waals surface area contributed by atoms with E-state index in [9.17, 15) is 13.2 Å². The smallest absolute Gasteiger partial charge is 0.380 e. The number of ether oxygens (including phenoxy) is 2. The summed E-state index contributed by atoms with van der Waals surface area (Å²) in [4.78, 5) is 2.78. The monoisotopic (exact) mass is 361 g/mol. The molecule has 1 spiro atoms. The summed E-state index contributed by atoms with van der Waals surface area (Å²) in [7, 11) is 0. The van der Waals surface area contributed by atoms with Gasteiger partial charge in [-0.05, 0) is 44.2 Å². The number of piperidine rings is 1. The lowest BCUT2D eigenvalue weighted by atomic mass is 9.81. The highest BCUT2D eigenvalue weighted by atomic mass is 32.1. The second kappa shape index (κ2) is 5.97. The maximum atomic E-state index is 13.1. The molecular weight excluding hydrogens is 339 g/mol. The van der Waals surface area contributed by atoms with Gasteiger partial charge in [0.2, 0.25) is 0 Å². The van der Waals surface area contributed by atoms with Gasteiger partial charge in [0.05, 0.1) is 13.2 Å². The van der Waals surface area contributed by atoms with Crippen molar-refractivity contribution < 1.29 is 22.6 Å². The molecule has 3 aliphatic heterocycles. The molecule has 4 rings (SSSR count). The van der Waals surface area contributed by atoms with Crippen LogP contribution in [-0.2, 0) is 27.7 Å². The van der Waals surface area contributed by atoms with Crippen LogP contribution in [0.3, 0.4) is 0 Å². The third-order valence-corrected chi connectivity index (χ3v) is 7.00. The van der Waals surface area contributed by atoms with Crippen LogP contribution >= 0.6 is 11.3 Å². The second-order valence-electron chi connectivity index (χ2n) is 7.11. The lowest BCUT2D eigenvalue weighted by molar-refractivity contribution is -0.134. The highest BCUT2D eigenvalue weighted by Crippen LogP contribution is 2.49. The minimum atomic E-state index is -4.27. The van der Waals surface area contributed by atoms with E-state index in [1.807, 2.05) is 0 Å². The van der Waals surface area contributed by atoms with E-state index in [4.69, 9.17) is 9.47 Å². The molecule has 0 N–H and O–H groups in total. The molecule has 0 aliphatic carbocycles. The molecule has 0 saturated carbocycles. The van der Waals surface area contributed by atoms with Gasteiger partial charge in [-0.1, -0.05) is 0 Å². The first-order valence-corrected chi connectivity index (χ1v) is 9.38. The third kappa shape index (κ3) is 2.79. The number of hydrogen-bond acceptors (Lipinski definition) is 4.